The van der Waals surface area contributed by atoms with Crippen molar-refractivity contribution in [3.8, 4) is 0 Å². The topological polar surface area (TPSA) is 74.8 Å². The zero-order valence-electron chi connectivity index (χ0n) is 12.6. The van der Waals surface area contributed by atoms with Crippen molar-refractivity contribution in [3.05, 3.63) is 0 Å². The SMILES string of the molecule is [B]P(I)C(CC(=O)N(C)CN1C(=O)CC(P([B])I)C1=O)C(C)=O. The van der Waals surface area contributed by atoms with Crippen molar-refractivity contribution in [3.63, 3.8) is 0 Å². The second-order valence-electron chi connectivity index (χ2n) is 5.13. The van der Waals surface area contributed by atoms with Crippen molar-refractivity contribution in [1.82, 2.24) is 9.80 Å². The lowest BCUT2D eigenvalue weighted by molar-refractivity contribution is -0.143. The van der Waals surface area contributed by atoms with Gasteiger partial charge in [-0.25, -0.2) is 0 Å². The van der Waals surface area contributed by atoms with E-state index in [9.17, 15) is 19.2 Å². The summed E-state index contributed by atoms with van der Waals surface area (Å²) in [4.78, 5) is 50.2. The third-order valence-corrected chi connectivity index (χ3v) is 9.61. The van der Waals surface area contributed by atoms with Crippen LogP contribution in [0.4, 0.5) is 0 Å². The van der Waals surface area contributed by atoms with Crippen molar-refractivity contribution in [2.45, 2.75) is 31.1 Å². The number of carbonyl (C=O) groups excluding carboxylic acids is 4. The summed E-state index contributed by atoms with van der Waals surface area (Å²) in [5.41, 5.74) is -3.18. The first-order valence-corrected chi connectivity index (χ1v) is 15.1. The average molecular weight is 576 g/mol. The fraction of sp³-hybridized carbons (Fsp3) is 0.636. The van der Waals surface area contributed by atoms with Crippen LogP contribution >= 0.6 is 55.0 Å². The Hall–Kier alpha value is 0.730. The van der Waals surface area contributed by atoms with Gasteiger partial charge in [0.2, 0.25) is 17.7 Å². The van der Waals surface area contributed by atoms with Crippen molar-refractivity contribution in [2.24, 2.45) is 0 Å². The van der Waals surface area contributed by atoms with Crippen molar-refractivity contribution >= 4 is 93.6 Å². The van der Waals surface area contributed by atoms with E-state index in [1.165, 1.54) is 18.9 Å². The molecule has 1 saturated heterocycles. The highest BCUT2D eigenvalue weighted by Gasteiger charge is 2.41. The van der Waals surface area contributed by atoms with Gasteiger partial charge in [0.1, 0.15) is 27.6 Å². The molecule has 0 saturated carbocycles. The van der Waals surface area contributed by atoms with Crippen LogP contribution in [0.15, 0.2) is 0 Å². The number of hydrogen-bond donors (Lipinski definition) is 0. The summed E-state index contributed by atoms with van der Waals surface area (Å²) >= 11 is 3.93. The van der Waals surface area contributed by atoms with Crippen molar-refractivity contribution in [1.29, 1.82) is 0 Å². The molecule has 0 bridgehead atoms. The number of ketones is 1. The van der Waals surface area contributed by atoms with Crippen LogP contribution in [0.25, 0.3) is 0 Å². The summed E-state index contributed by atoms with van der Waals surface area (Å²) in [6.07, 6.45) is 0.0659. The standard InChI is InChI=1S/C11H14B2I2N2O4P2/c1-6(18)7(22(12)14)3-9(19)16(2)5-17-10(20)4-8(11(17)21)23(13)15/h7-8H,3-5H2,1-2H3. The van der Waals surface area contributed by atoms with Gasteiger partial charge in [-0.3, -0.25) is 24.1 Å². The molecule has 6 nitrogen and oxygen atoms in total. The lowest BCUT2D eigenvalue weighted by Crippen LogP contribution is -2.43. The van der Waals surface area contributed by atoms with Gasteiger partial charge in [-0.1, -0.05) is 55.0 Å². The third-order valence-electron chi connectivity index (χ3n) is 3.43. The first kappa shape index (κ1) is 21.8. The second kappa shape index (κ2) is 9.43. The van der Waals surface area contributed by atoms with Crippen molar-refractivity contribution in [2.75, 3.05) is 13.7 Å². The Balaban J connectivity index is 2.70. The van der Waals surface area contributed by atoms with Crippen LogP contribution in [0.1, 0.15) is 19.8 Å². The summed E-state index contributed by atoms with van der Waals surface area (Å²) in [5, 5.41) is 0. The summed E-state index contributed by atoms with van der Waals surface area (Å²) < 4.78 is 0. The molecule has 23 heavy (non-hydrogen) atoms. The number of amides is 3. The monoisotopic (exact) mass is 576 g/mol. The van der Waals surface area contributed by atoms with Gasteiger partial charge in [-0.05, 0) is 6.92 Å². The molecular formula is C11H14B2I2N2O4P2. The predicted octanol–water partition coefficient (Wildman–Crippen LogP) is 1.71. The van der Waals surface area contributed by atoms with E-state index in [4.69, 9.17) is 15.1 Å². The molecule has 4 radical (unpaired) electrons. The van der Waals surface area contributed by atoms with Gasteiger partial charge in [-0.15, -0.1) is 0 Å². The van der Waals surface area contributed by atoms with Gasteiger partial charge < -0.3 is 4.90 Å². The Morgan fingerprint density at radius 3 is 2.35 bits per heavy atom. The molecule has 4 atom stereocenters. The number of imide groups is 1. The first-order valence-electron chi connectivity index (χ1n) is 6.54. The highest BCUT2D eigenvalue weighted by molar-refractivity contribution is 14.2. The van der Waals surface area contributed by atoms with Crippen LogP contribution < -0.4 is 0 Å². The Bertz CT molecular complexity index is 524. The van der Waals surface area contributed by atoms with E-state index in [0.717, 1.165) is 4.90 Å². The largest absolute Gasteiger partial charge is 0.327 e. The van der Waals surface area contributed by atoms with E-state index in [0.29, 0.717) is 0 Å². The molecule has 0 aromatic carbocycles. The molecule has 0 aromatic rings. The van der Waals surface area contributed by atoms with E-state index < -0.39 is 22.2 Å². The van der Waals surface area contributed by atoms with Crippen LogP contribution in [0.3, 0.4) is 0 Å². The molecule has 4 unspecified atom stereocenters. The fourth-order valence-electron chi connectivity index (χ4n) is 2.02. The predicted molar refractivity (Wildman–Crippen MR) is 110 cm³/mol. The number of carbonyl (C=O) groups is 4. The Morgan fingerprint density at radius 1 is 1.39 bits per heavy atom. The molecular weight excluding hydrogens is 562 g/mol. The summed E-state index contributed by atoms with van der Waals surface area (Å²) in [6.45, 7) is 1.28. The highest BCUT2D eigenvalue weighted by Crippen LogP contribution is 2.49. The van der Waals surface area contributed by atoms with Crippen LogP contribution in [0.2, 0.25) is 0 Å². The highest BCUT2D eigenvalue weighted by atomic mass is 127. The zero-order chi connectivity index (χ0) is 17.9. The van der Waals surface area contributed by atoms with Gasteiger partial charge in [0.05, 0.1) is 5.66 Å². The molecule has 0 spiro atoms. The van der Waals surface area contributed by atoms with Crippen LogP contribution in [0.5, 0.6) is 0 Å². The van der Waals surface area contributed by atoms with Gasteiger partial charge >= 0.3 is 0 Å². The Kier molecular flexibility index (Phi) is 8.93. The van der Waals surface area contributed by atoms with Gasteiger partial charge in [-0.2, -0.15) is 0 Å². The Morgan fingerprint density at radius 2 is 1.96 bits per heavy atom. The van der Waals surface area contributed by atoms with Crippen LogP contribution in [0, 0.1) is 0 Å². The van der Waals surface area contributed by atoms with E-state index in [2.05, 4.69) is 0 Å². The molecule has 0 N–H and O–H groups in total. The van der Waals surface area contributed by atoms with E-state index >= 15 is 0 Å². The molecule has 12 heteroatoms. The van der Waals surface area contributed by atoms with Crippen molar-refractivity contribution < 1.29 is 19.2 Å². The smallest absolute Gasteiger partial charge is 0.238 e. The maximum absolute atomic E-state index is 12.2. The first-order chi connectivity index (χ1) is 10.6. The minimum absolute atomic E-state index is 0.0213. The number of Topliss-reactive ketones (excluding diaryl/α,β-unsaturated/α-hetero) is 1. The number of rotatable bonds is 7. The molecule has 122 valence electrons. The van der Waals surface area contributed by atoms with E-state index in [-0.39, 0.29) is 43.0 Å². The fourth-order valence-corrected chi connectivity index (χ4v) is 6.46. The van der Waals surface area contributed by atoms with Gasteiger partial charge in [0, 0.05) is 25.5 Å². The molecule has 0 aromatic heterocycles. The number of nitrogens with zero attached hydrogens (tertiary/aromatic N) is 2. The average Bonchev–Trinajstić information content (AvgIpc) is 2.71. The normalized spacial score (nSPS) is 21.9. The quantitative estimate of drug-likeness (QED) is 0.201. The van der Waals surface area contributed by atoms with Gasteiger partial charge in [0.15, 0.2) is 0 Å². The minimum Gasteiger partial charge on any atom is -0.327 e. The number of hydrogen-bond acceptors (Lipinski definition) is 4. The maximum atomic E-state index is 12.2. The Labute approximate surface area is 166 Å². The second-order valence-corrected chi connectivity index (χ2v) is 14.4. The van der Waals surface area contributed by atoms with E-state index in [1.807, 2.05) is 44.1 Å². The molecule has 0 aliphatic carbocycles. The molecule has 1 fully saturated rings. The third kappa shape index (κ3) is 5.89. The molecule has 1 heterocycles. The lowest BCUT2D eigenvalue weighted by Gasteiger charge is -2.26. The summed E-state index contributed by atoms with van der Waals surface area (Å²) in [5.74, 6) is -1.13. The maximum Gasteiger partial charge on any atom is 0.238 e. The minimum atomic E-state index is -1.10. The molecule has 1 rings (SSSR count). The molecule has 1 aliphatic heterocycles. The molecule has 1 aliphatic rings. The van der Waals surface area contributed by atoms with Crippen LogP contribution in [-0.4, -0.2) is 73.5 Å². The number of halogens is 2. The number of likely N-dealkylation sites (tertiary alicyclic amines) is 1. The van der Waals surface area contributed by atoms with E-state index in [1.54, 1.807) is 0 Å². The van der Waals surface area contributed by atoms with Crippen LogP contribution in [-0.2, 0) is 19.2 Å². The summed E-state index contributed by atoms with van der Waals surface area (Å²) in [7, 11) is 13.0. The zero-order valence-corrected chi connectivity index (χ0v) is 18.7. The lowest BCUT2D eigenvalue weighted by atomic mass is 10.2. The summed E-state index contributed by atoms with van der Waals surface area (Å²) in [6, 6.07) is 0. The van der Waals surface area contributed by atoms with Gasteiger partial charge in [0.25, 0.3) is 0 Å². The molecule has 3 amide bonds.